The highest BCUT2D eigenvalue weighted by atomic mass is 32.2. The van der Waals surface area contributed by atoms with Gasteiger partial charge in [0.2, 0.25) is 11.8 Å². The molecule has 0 aliphatic carbocycles. The largest absolute Gasteiger partial charge is 0.481 e. The Morgan fingerprint density at radius 2 is 1.77 bits per heavy atom. The molecule has 1 unspecified atom stereocenters. The van der Waals surface area contributed by atoms with Gasteiger partial charge in [0.25, 0.3) is 5.91 Å². The number of amides is 3. The summed E-state index contributed by atoms with van der Waals surface area (Å²) in [7, 11) is 0. The maximum atomic E-state index is 13.3. The molecule has 1 heterocycles. The highest BCUT2D eigenvalue weighted by molar-refractivity contribution is 7.99. The Hall–Kier alpha value is -2.59. The molecule has 35 heavy (non-hydrogen) atoms. The lowest BCUT2D eigenvalue weighted by Crippen LogP contribution is -2.57. The standard InChI is InChI=1S/C25H37N3O6S/c1-15(2)17(24(33)34)12-20(29)26-18(11-16-9-7-6-8-10-16)21(30)23(32)28-14-35-13-19(28)22(31)27-25(3,4)5/h6-10,15,17-19,21,30H,11-14H2,1-5H3,(H,26,29)(H,27,31)(H,33,34)/t17?,18-,19-,21-/m0/s1. The Bertz CT molecular complexity index is 902. The van der Waals surface area contributed by atoms with E-state index in [1.807, 2.05) is 51.1 Å². The van der Waals surface area contributed by atoms with Crippen LogP contribution in [-0.2, 0) is 25.6 Å². The molecule has 0 aromatic heterocycles. The number of carbonyl (C=O) groups is 4. The minimum absolute atomic E-state index is 0.165. The van der Waals surface area contributed by atoms with E-state index in [2.05, 4.69) is 10.6 Å². The van der Waals surface area contributed by atoms with Crippen LogP contribution >= 0.6 is 11.8 Å². The average molecular weight is 508 g/mol. The summed E-state index contributed by atoms with van der Waals surface area (Å²) in [5, 5.41) is 26.1. The van der Waals surface area contributed by atoms with Gasteiger partial charge in [0.05, 0.1) is 17.8 Å². The van der Waals surface area contributed by atoms with Crippen molar-refractivity contribution in [2.45, 2.75) is 71.2 Å². The monoisotopic (exact) mass is 507 g/mol. The lowest BCUT2D eigenvalue weighted by atomic mass is 9.92. The fourth-order valence-electron chi connectivity index (χ4n) is 3.86. The van der Waals surface area contributed by atoms with Gasteiger partial charge in [-0.25, -0.2) is 0 Å². The van der Waals surface area contributed by atoms with E-state index in [0.29, 0.717) is 5.75 Å². The first-order valence-electron chi connectivity index (χ1n) is 11.7. The van der Waals surface area contributed by atoms with Crippen molar-refractivity contribution >= 4 is 35.5 Å². The van der Waals surface area contributed by atoms with E-state index in [1.165, 1.54) is 16.7 Å². The molecule has 194 valence electrons. The molecule has 1 fully saturated rings. The zero-order chi connectivity index (χ0) is 26.3. The van der Waals surface area contributed by atoms with Crippen LogP contribution in [0.5, 0.6) is 0 Å². The molecule has 0 saturated carbocycles. The van der Waals surface area contributed by atoms with Gasteiger partial charge in [0.15, 0.2) is 6.10 Å². The van der Waals surface area contributed by atoms with E-state index >= 15 is 0 Å². The van der Waals surface area contributed by atoms with Crippen molar-refractivity contribution < 1.29 is 29.4 Å². The number of thioether (sulfide) groups is 1. The molecule has 1 aromatic rings. The number of hydrogen-bond acceptors (Lipinski definition) is 6. The second-order valence-electron chi connectivity index (χ2n) is 10.3. The van der Waals surface area contributed by atoms with Gasteiger partial charge in [-0.3, -0.25) is 19.2 Å². The first kappa shape index (κ1) is 28.6. The number of carbonyl (C=O) groups excluding carboxylic acids is 3. The van der Waals surface area contributed by atoms with E-state index in [0.717, 1.165) is 5.56 Å². The van der Waals surface area contributed by atoms with Crippen molar-refractivity contribution in [1.82, 2.24) is 15.5 Å². The van der Waals surface area contributed by atoms with Crippen LogP contribution in [0.25, 0.3) is 0 Å². The average Bonchev–Trinajstić information content (AvgIpc) is 3.25. The van der Waals surface area contributed by atoms with Crippen molar-refractivity contribution in [3.63, 3.8) is 0 Å². The number of nitrogens with one attached hydrogen (secondary N) is 2. The third kappa shape index (κ3) is 8.54. The minimum atomic E-state index is -1.61. The zero-order valence-electron chi connectivity index (χ0n) is 21.0. The van der Waals surface area contributed by atoms with Gasteiger partial charge in [-0.2, -0.15) is 0 Å². The smallest absolute Gasteiger partial charge is 0.307 e. The van der Waals surface area contributed by atoms with Crippen molar-refractivity contribution in [2.75, 3.05) is 11.6 Å². The molecule has 4 atom stereocenters. The molecule has 10 heteroatoms. The fraction of sp³-hybridized carbons (Fsp3) is 0.600. The van der Waals surface area contributed by atoms with Crippen molar-refractivity contribution in [3.05, 3.63) is 35.9 Å². The predicted molar refractivity (Wildman–Crippen MR) is 135 cm³/mol. The zero-order valence-corrected chi connectivity index (χ0v) is 21.8. The van der Waals surface area contributed by atoms with Crippen LogP contribution in [0.2, 0.25) is 0 Å². The van der Waals surface area contributed by atoms with E-state index in [4.69, 9.17) is 0 Å². The SMILES string of the molecule is CC(C)C(CC(=O)N[C@@H](Cc1ccccc1)[C@H](O)C(=O)N1CSC[C@H]1C(=O)NC(C)(C)C)C(=O)O. The summed E-state index contributed by atoms with van der Waals surface area (Å²) in [4.78, 5) is 51.7. The van der Waals surface area contributed by atoms with E-state index in [-0.39, 0.29) is 30.5 Å². The molecular formula is C25H37N3O6S. The van der Waals surface area contributed by atoms with Crippen molar-refractivity contribution in [1.29, 1.82) is 0 Å². The number of aliphatic hydroxyl groups is 1. The molecule has 4 N–H and O–H groups in total. The Morgan fingerprint density at radius 3 is 2.31 bits per heavy atom. The van der Waals surface area contributed by atoms with E-state index in [9.17, 15) is 29.4 Å². The number of rotatable bonds is 10. The highest BCUT2D eigenvalue weighted by Crippen LogP contribution is 2.24. The fourth-order valence-corrected chi connectivity index (χ4v) is 5.02. The number of benzene rings is 1. The maximum absolute atomic E-state index is 13.3. The Morgan fingerprint density at radius 1 is 1.14 bits per heavy atom. The first-order valence-corrected chi connectivity index (χ1v) is 12.9. The Kier molecular flexibility index (Phi) is 10.1. The third-order valence-corrected chi connectivity index (χ3v) is 6.78. The lowest BCUT2D eigenvalue weighted by molar-refractivity contribution is -0.148. The van der Waals surface area contributed by atoms with Crippen LogP contribution in [-0.4, -0.2) is 74.2 Å². The van der Waals surface area contributed by atoms with Crippen molar-refractivity contribution in [3.8, 4) is 0 Å². The van der Waals surface area contributed by atoms with Crippen LogP contribution in [0.3, 0.4) is 0 Å². The number of carboxylic acid groups (broad SMARTS) is 1. The van der Waals surface area contributed by atoms with Crippen LogP contribution in [0.15, 0.2) is 30.3 Å². The number of hydrogen-bond donors (Lipinski definition) is 4. The molecule has 0 spiro atoms. The predicted octanol–water partition coefficient (Wildman–Crippen LogP) is 1.64. The minimum Gasteiger partial charge on any atom is -0.481 e. The van der Waals surface area contributed by atoms with E-state index < -0.39 is 47.4 Å². The van der Waals surface area contributed by atoms with Crippen molar-refractivity contribution in [2.24, 2.45) is 11.8 Å². The topological polar surface area (TPSA) is 136 Å². The van der Waals surface area contributed by atoms with E-state index in [1.54, 1.807) is 13.8 Å². The molecule has 1 saturated heterocycles. The molecule has 0 bridgehead atoms. The van der Waals surface area contributed by atoms with Gasteiger partial charge in [-0.1, -0.05) is 44.2 Å². The normalized spacial score (nSPS) is 18.6. The summed E-state index contributed by atoms with van der Waals surface area (Å²) < 4.78 is 0. The van der Waals surface area contributed by atoms with Gasteiger partial charge < -0.3 is 25.7 Å². The number of carboxylic acids is 1. The van der Waals surface area contributed by atoms with Gasteiger partial charge in [0.1, 0.15) is 6.04 Å². The summed E-state index contributed by atoms with van der Waals surface area (Å²) in [6.07, 6.45) is -1.71. The molecule has 3 amide bonds. The molecule has 0 radical (unpaired) electrons. The number of aliphatic carboxylic acids is 1. The number of aliphatic hydroxyl groups excluding tert-OH is 1. The summed E-state index contributed by atoms with van der Waals surface area (Å²) in [5.74, 6) is -3.08. The van der Waals surface area contributed by atoms with Gasteiger partial charge in [-0.15, -0.1) is 11.8 Å². The van der Waals surface area contributed by atoms with Gasteiger partial charge >= 0.3 is 5.97 Å². The van der Waals surface area contributed by atoms with Crippen LogP contribution < -0.4 is 10.6 Å². The summed E-state index contributed by atoms with van der Waals surface area (Å²) in [6.45, 7) is 8.99. The molecule has 1 aliphatic heterocycles. The Balaban J connectivity index is 2.21. The summed E-state index contributed by atoms with van der Waals surface area (Å²) in [5.41, 5.74) is 0.319. The molecule has 1 aromatic carbocycles. The van der Waals surface area contributed by atoms with Crippen LogP contribution in [0, 0.1) is 11.8 Å². The van der Waals surface area contributed by atoms with Gasteiger partial charge in [-0.05, 0) is 38.7 Å². The quantitative estimate of drug-likeness (QED) is 0.378. The first-order chi connectivity index (χ1) is 16.3. The van der Waals surface area contributed by atoms with Crippen LogP contribution in [0.1, 0.15) is 46.6 Å². The maximum Gasteiger partial charge on any atom is 0.307 e. The lowest BCUT2D eigenvalue weighted by Gasteiger charge is -2.31. The molecule has 1 aliphatic rings. The highest BCUT2D eigenvalue weighted by Gasteiger charge is 2.41. The second kappa shape index (κ2) is 12.4. The van der Waals surface area contributed by atoms with Crippen LogP contribution in [0.4, 0.5) is 0 Å². The molecule has 2 rings (SSSR count). The summed E-state index contributed by atoms with van der Waals surface area (Å²) >= 11 is 1.42. The second-order valence-corrected chi connectivity index (χ2v) is 11.3. The van der Waals surface area contributed by atoms with Gasteiger partial charge in [0, 0.05) is 17.7 Å². The third-order valence-electron chi connectivity index (χ3n) is 5.77. The Labute approximate surface area is 211 Å². The molecular weight excluding hydrogens is 470 g/mol. The molecule has 9 nitrogen and oxygen atoms in total. The summed E-state index contributed by atoms with van der Waals surface area (Å²) in [6, 6.07) is 7.37. The number of nitrogens with zero attached hydrogens (tertiary/aromatic N) is 1.